The van der Waals surface area contributed by atoms with Crippen molar-refractivity contribution in [2.75, 3.05) is 18.5 Å². The molecule has 0 saturated carbocycles. The number of anilines is 2. The Morgan fingerprint density at radius 3 is 2.68 bits per heavy atom. The number of para-hydroxylation sites is 1. The van der Waals surface area contributed by atoms with Crippen molar-refractivity contribution in [2.24, 2.45) is 0 Å². The van der Waals surface area contributed by atoms with E-state index in [0.717, 1.165) is 16.7 Å². The summed E-state index contributed by atoms with van der Waals surface area (Å²) < 4.78 is 19.3. The molecule has 0 fully saturated rings. The predicted octanol–water partition coefficient (Wildman–Crippen LogP) is 4.71. The molecule has 4 aromatic rings. The molecule has 0 aliphatic heterocycles. The zero-order valence-electron chi connectivity index (χ0n) is 16.7. The molecule has 2 N–H and O–H groups in total. The third-order valence-electron chi connectivity index (χ3n) is 4.60. The number of hydrogen-bond donors (Lipinski definition) is 2. The molecule has 0 aliphatic carbocycles. The van der Waals surface area contributed by atoms with Gasteiger partial charge in [-0.3, -0.25) is 9.78 Å². The lowest BCUT2D eigenvalue weighted by atomic mass is 10.2. The Hall–Kier alpha value is -4.00. The highest BCUT2D eigenvalue weighted by molar-refractivity contribution is 5.99. The lowest BCUT2D eigenvalue weighted by Gasteiger charge is -2.12. The normalized spacial score (nSPS) is 10.6. The third kappa shape index (κ3) is 5.14. The molecule has 1 amide bonds. The minimum absolute atomic E-state index is 0.265. The first-order valence-electron chi connectivity index (χ1n) is 9.93. The third-order valence-corrected chi connectivity index (χ3v) is 4.60. The summed E-state index contributed by atoms with van der Waals surface area (Å²) in [5, 5.41) is 6.88. The molecular weight excluding hydrogens is 395 g/mol. The van der Waals surface area contributed by atoms with Crippen LogP contribution < -0.4 is 15.4 Å². The maximum absolute atomic E-state index is 13.4. The Balaban J connectivity index is 1.31. The summed E-state index contributed by atoms with van der Waals surface area (Å²) >= 11 is 0. The van der Waals surface area contributed by atoms with Gasteiger partial charge >= 0.3 is 0 Å². The molecule has 0 spiro atoms. The molecule has 6 nitrogen and oxygen atoms in total. The van der Waals surface area contributed by atoms with Gasteiger partial charge in [-0.1, -0.05) is 24.3 Å². The monoisotopic (exact) mass is 416 g/mol. The van der Waals surface area contributed by atoms with E-state index in [1.165, 1.54) is 12.1 Å². The highest BCUT2D eigenvalue weighted by Crippen LogP contribution is 2.23. The van der Waals surface area contributed by atoms with Gasteiger partial charge in [0.25, 0.3) is 5.91 Å². The van der Waals surface area contributed by atoms with Crippen LogP contribution >= 0.6 is 0 Å². The number of fused-ring (bicyclic) bond motifs is 1. The van der Waals surface area contributed by atoms with Crippen molar-refractivity contribution in [3.8, 4) is 5.75 Å². The highest BCUT2D eigenvalue weighted by Gasteiger charge is 2.12. The Morgan fingerprint density at radius 2 is 1.77 bits per heavy atom. The number of aromatic nitrogens is 2. The lowest BCUT2D eigenvalue weighted by molar-refractivity contribution is 0.0952. The minimum atomic E-state index is -0.367. The predicted molar refractivity (Wildman–Crippen MR) is 118 cm³/mol. The Labute approximate surface area is 179 Å². The molecule has 2 aromatic carbocycles. The second kappa shape index (κ2) is 9.67. The highest BCUT2D eigenvalue weighted by atomic mass is 19.1. The fraction of sp³-hybridized carbons (Fsp3) is 0.125. The standard InChI is InChI=1S/C24H21FN4O2/c25-18-8-2-9-19(16-18)29-23-20(10-4-13-27-23)24(30)28-14-5-15-31-21-11-1-6-17-7-3-12-26-22(17)21/h1-4,6-13,16H,5,14-15H2,(H,27,29)(H,28,30). The average Bonchev–Trinajstić information content (AvgIpc) is 2.79. The number of nitrogens with one attached hydrogen (secondary N) is 2. The van der Waals surface area contributed by atoms with Crippen molar-refractivity contribution in [2.45, 2.75) is 6.42 Å². The van der Waals surface area contributed by atoms with E-state index in [0.29, 0.717) is 36.6 Å². The Bertz CT molecular complexity index is 1190. The second-order valence-electron chi connectivity index (χ2n) is 6.82. The van der Waals surface area contributed by atoms with Crippen LogP contribution in [0.1, 0.15) is 16.8 Å². The van der Waals surface area contributed by atoms with Crippen molar-refractivity contribution < 1.29 is 13.9 Å². The smallest absolute Gasteiger partial charge is 0.255 e. The molecule has 2 aromatic heterocycles. The van der Waals surface area contributed by atoms with Gasteiger partial charge in [-0.2, -0.15) is 0 Å². The quantitative estimate of drug-likeness (QED) is 0.407. The van der Waals surface area contributed by atoms with Gasteiger partial charge in [0.2, 0.25) is 0 Å². The number of nitrogens with zero attached hydrogens (tertiary/aromatic N) is 2. The van der Waals surface area contributed by atoms with Crippen LogP contribution in [0.5, 0.6) is 5.75 Å². The maximum Gasteiger partial charge on any atom is 0.255 e. The van der Waals surface area contributed by atoms with E-state index in [2.05, 4.69) is 20.6 Å². The van der Waals surface area contributed by atoms with Gasteiger partial charge in [-0.05, 0) is 48.9 Å². The molecule has 0 bridgehead atoms. The summed E-state index contributed by atoms with van der Waals surface area (Å²) in [6.45, 7) is 0.878. The number of carbonyl (C=O) groups excluding carboxylic acids is 1. The summed E-state index contributed by atoms with van der Waals surface area (Å²) in [5.41, 5.74) is 1.72. The summed E-state index contributed by atoms with van der Waals surface area (Å²) in [6.07, 6.45) is 3.94. The van der Waals surface area contributed by atoms with Gasteiger partial charge in [-0.25, -0.2) is 9.37 Å². The zero-order valence-corrected chi connectivity index (χ0v) is 16.7. The van der Waals surface area contributed by atoms with Gasteiger partial charge in [0.15, 0.2) is 0 Å². The van der Waals surface area contributed by atoms with Crippen LogP contribution in [-0.2, 0) is 0 Å². The van der Waals surface area contributed by atoms with E-state index >= 15 is 0 Å². The molecule has 0 atom stereocenters. The van der Waals surface area contributed by atoms with Crippen molar-refractivity contribution in [3.63, 3.8) is 0 Å². The number of hydrogen-bond acceptors (Lipinski definition) is 5. The summed E-state index contributed by atoms with van der Waals surface area (Å²) in [4.78, 5) is 21.2. The number of amides is 1. The number of rotatable bonds is 8. The van der Waals surface area contributed by atoms with Crippen LogP contribution in [0.3, 0.4) is 0 Å². The first kappa shape index (κ1) is 20.3. The van der Waals surface area contributed by atoms with Crippen molar-refractivity contribution >= 4 is 28.3 Å². The largest absolute Gasteiger partial charge is 0.491 e. The van der Waals surface area contributed by atoms with Gasteiger partial charge < -0.3 is 15.4 Å². The van der Waals surface area contributed by atoms with E-state index in [9.17, 15) is 9.18 Å². The molecule has 2 heterocycles. The van der Waals surface area contributed by atoms with Gasteiger partial charge in [0.05, 0.1) is 12.2 Å². The summed E-state index contributed by atoms with van der Waals surface area (Å²) in [7, 11) is 0. The molecule has 0 aliphatic rings. The number of ether oxygens (including phenoxy) is 1. The van der Waals surface area contributed by atoms with Crippen LogP contribution in [0, 0.1) is 5.82 Å². The van der Waals surface area contributed by atoms with E-state index in [4.69, 9.17) is 4.74 Å². The first-order valence-corrected chi connectivity index (χ1v) is 9.93. The van der Waals surface area contributed by atoms with Gasteiger partial charge in [0.1, 0.15) is 22.9 Å². The Morgan fingerprint density at radius 1 is 0.968 bits per heavy atom. The van der Waals surface area contributed by atoms with E-state index in [1.54, 1.807) is 36.7 Å². The van der Waals surface area contributed by atoms with Gasteiger partial charge in [-0.15, -0.1) is 0 Å². The fourth-order valence-corrected chi connectivity index (χ4v) is 3.14. The number of carbonyl (C=O) groups is 1. The fourth-order valence-electron chi connectivity index (χ4n) is 3.14. The Kier molecular flexibility index (Phi) is 6.32. The lowest BCUT2D eigenvalue weighted by Crippen LogP contribution is -2.26. The van der Waals surface area contributed by atoms with Crippen LogP contribution in [0.15, 0.2) is 79.1 Å². The van der Waals surface area contributed by atoms with E-state index in [1.807, 2.05) is 30.3 Å². The molecule has 7 heteroatoms. The van der Waals surface area contributed by atoms with Crippen LogP contribution in [0.2, 0.25) is 0 Å². The van der Waals surface area contributed by atoms with Crippen molar-refractivity contribution in [1.29, 1.82) is 0 Å². The number of halogens is 1. The molecule has 0 saturated heterocycles. The van der Waals surface area contributed by atoms with Gasteiger partial charge in [0, 0.05) is 30.0 Å². The maximum atomic E-state index is 13.4. The van der Waals surface area contributed by atoms with Crippen LogP contribution in [0.25, 0.3) is 10.9 Å². The van der Waals surface area contributed by atoms with Crippen molar-refractivity contribution in [1.82, 2.24) is 15.3 Å². The molecule has 0 unspecified atom stereocenters. The molecule has 31 heavy (non-hydrogen) atoms. The van der Waals surface area contributed by atoms with E-state index in [-0.39, 0.29) is 11.7 Å². The summed E-state index contributed by atoms with van der Waals surface area (Å²) in [5.74, 6) is 0.453. The van der Waals surface area contributed by atoms with Crippen LogP contribution in [-0.4, -0.2) is 29.0 Å². The topological polar surface area (TPSA) is 76.1 Å². The molecule has 4 rings (SSSR count). The SMILES string of the molecule is O=C(NCCCOc1cccc2cccnc12)c1cccnc1Nc1cccc(F)c1. The average molecular weight is 416 g/mol. The first-order chi connectivity index (χ1) is 15.2. The molecule has 156 valence electrons. The second-order valence-corrected chi connectivity index (χ2v) is 6.82. The zero-order chi connectivity index (χ0) is 21.5. The van der Waals surface area contributed by atoms with Crippen LogP contribution in [0.4, 0.5) is 15.9 Å². The minimum Gasteiger partial charge on any atom is -0.491 e. The van der Waals surface area contributed by atoms with E-state index < -0.39 is 0 Å². The number of pyridine rings is 2. The molecule has 0 radical (unpaired) electrons. The molecular formula is C24H21FN4O2. The van der Waals surface area contributed by atoms with Crippen molar-refractivity contribution in [3.05, 3.63) is 90.5 Å². The number of benzene rings is 2. The summed E-state index contributed by atoms with van der Waals surface area (Å²) in [6, 6.07) is 19.0.